The van der Waals surface area contributed by atoms with E-state index in [2.05, 4.69) is 69.4 Å². The van der Waals surface area contributed by atoms with Gasteiger partial charge in [0.1, 0.15) is 13.2 Å². The van der Waals surface area contributed by atoms with E-state index in [0.29, 0.717) is 19.3 Å². The van der Waals surface area contributed by atoms with Crippen LogP contribution in [0.15, 0.2) is 48.6 Å². The molecule has 65 heavy (non-hydrogen) atoms. The number of carbonyl (C=O) groups is 3. The van der Waals surface area contributed by atoms with Crippen molar-refractivity contribution in [2.24, 2.45) is 0 Å². The third-order valence-electron chi connectivity index (χ3n) is 12.3. The summed E-state index contributed by atoms with van der Waals surface area (Å²) in [6.45, 7) is 6.57. The Morgan fingerprint density at radius 1 is 0.308 bits per heavy atom. The van der Waals surface area contributed by atoms with E-state index in [1.807, 2.05) is 0 Å². The molecule has 0 amide bonds. The maximum atomic E-state index is 12.8. The van der Waals surface area contributed by atoms with E-state index in [-0.39, 0.29) is 31.1 Å². The first kappa shape index (κ1) is 62.4. The summed E-state index contributed by atoms with van der Waals surface area (Å²) in [4.78, 5) is 38.1. The Morgan fingerprint density at radius 3 is 0.923 bits per heavy atom. The number of hydrogen-bond acceptors (Lipinski definition) is 6. The molecule has 0 aliphatic carbocycles. The van der Waals surface area contributed by atoms with Gasteiger partial charge in [-0.3, -0.25) is 14.4 Å². The number of allylic oxidation sites excluding steroid dienone is 8. The van der Waals surface area contributed by atoms with E-state index in [1.165, 1.54) is 154 Å². The lowest BCUT2D eigenvalue weighted by Crippen LogP contribution is -2.30. The number of unbranched alkanes of at least 4 members (excludes halogenated alkanes) is 32. The fraction of sp³-hybridized carbons (Fsp3) is 0.814. The third kappa shape index (κ3) is 52.2. The molecule has 0 aliphatic heterocycles. The van der Waals surface area contributed by atoms with Crippen molar-refractivity contribution < 1.29 is 28.6 Å². The molecule has 0 radical (unpaired) electrons. The summed E-state index contributed by atoms with van der Waals surface area (Å²) in [5, 5.41) is 0. The summed E-state index contributed by atoms with van der Waals surface area (Å²) < 4.78 is 16.8. The van der Waals surface area contributed by atoms with Crippen LogP contribution in [0.5, 0.6) is 0 Å². The molecule has 6 heteroatoms. The Balaban J connectivity index is 4.35. The smallest absolute Gasteiger partial charge is 0.306 e. The molecule has 0 fully saturated rings. The molecule has 0 aromatic carbocycles. The van der Waals surface area contributed by atoms with Crippen LogP contribution in [-0.2, 0) is 28.6 Å². The fourth-order valence-electron chi connectivity index (χ4n) is 8.00. The van der Waals surface area contributed by atoms with Crippen LogP contribution in [0.3, 0.4) is 0 Å². The lowest BCUT2D eigenvalue weighted by atomic mass is 10.1. The van der Waals surface area contributed by atoms with Gasteiger partial charge in [0.2, 0.25) is 0 Å². The zero-order valence-electron chi connectivity index (χ0n) is 43.3. The van der Waals surface area contributed by atoms with Crippen LogP contribution in [0.25, 0.3) is 0 Å². The van der Waals surface area contributed by atoms with Crippen molar-refractivity contribution in [2.75, 3.05) is 13.2 Å². The monoisotopic (exact) mass is 911 g/mol. The van der Waals surface area contributed by atoms with Gasteiger partial charge in [-0.2, -0.15) is 0 Å². The number of rotatable bonds is 51. The van der Waals surface area contributed by atoms with E-state index < -0.39 is 6.10 Å². The molecule has 0 bridgehead atoms. The highest BCUT2D eigenvalue weighted by atomic mass is 16.6. The average Bonchev–Trinajstić information content (AvgIpc) is 3.30. The minimum atomic E-state index is -0.783. The van der Waals surface area contributed by atoms with E-state index in [9.17, 15) is 14.4 Å². The van der Waals surface area contributed by atoms with Gasteiger partial charge in [0, 0.05) is 19.3 Å². The summed E-state index contributed by atoms with van der Waals surface area (Å²) >= 11 is 0. The molecule has 0 aromatic rings. The van der Waals surface area contributed by atoms with Gasteiger partial charge in [-0.05, 0) is 96.3 Å². The van der Waals surface area contributed by atoms with Gasteiger partial charge in [-0.15, -0.1) is 0 Å². The second-order valence-electron chi connectivity index (χ2n) is 18.8. The van der Waals surface area contributed by atoms with E-state index in [4.69, 9.17) is 14.2 Å². The van der Waals surface area contributed by atoms with Crippen molar-refractivity contribution in [1.82, 2.24) is 0 Å². The average molecular weight is 911 g/mol. The van der Waals surface area contributed by atoms with Gasteiger partial charge in [-0.1, -0.05) is 223 Å². The molecule has 0 rings (SSSR count). The molecule has 0 heterocycles. The predicted molar refractivity (Wildman–Crippen MR) is 279 cm³/mol. The van der Waals surface area contributed by atoms with Crippen LogP contribution >= 0.6 is 0 Å². The zero-order chi connectivity index (χ0) is 47.2. The zero-order valence-corrected chi connectivity index (χ0v) is 43.3. The summed E-state index contributed by atoms with van der Waals surface area (Å²) in [6, 6.07) is 0. The Hall–Kier alpha value is -2.63. The molecule has 1 atom stereocenters. The van der Waals surface area contributed by atoms with Crippen molar-refractivity contribution in [3.05, 3.63) is 48.6 Å². The molecule has 0 aliphatic rings. The minimum absolute atomic E-state index is 0.0807. The minimum Gasteiger partial charge on any atom is -0.462 e. The van der Waals surface area contributed by atoms with Gasteiger partial charge >= 0.3 is 17.9 Å². The van der Waals surface area contributed by atoms with Crippen molar-refractivity contribution >= 4 is 17.9 Å². The van der Waals surface area contributed by atoms with E-state index in [1.54, 1.807) is 0 Å². The summed E-state index contributed by atoms with van der Waals surface area (Å²) in [6.07, 6.45) is 65.2. The molecular formula is C59H106O6. The molecule has 0 saturated carbocycles. The lowest BCUT2D eigenvalue weighted by Gasteiger charge is -2.18. The summed E-state index contributed by atoms with van der Waals surface area (Å²) in [5.41, 5.74) is 0. The maximum absolute atomic E-state index is 12.8. The Labute approximate surface area is 403 Å². The first-order valence-electron chi connectivity index (χ1n) is 28.1. The van der Waals surface area contributed by atoms with Crippen LogP contribution < -0.4 is 0 Å². The molecule has 6 nitrogen and oxygen atoms in total. The standard InChI is InChI=1S/C59H106O6/c1-4-7-10-13-16-19-22-25-27-28-29-30-32-34-37-40-43-46-49-52-58(61)64-55-56(54-63-57(60)51-48-45-42-39-36-33-24-21-18-15-12-9-6-3)65-59(62)53-50-47-44-41-38-35-31-26-23-20-17-14-11-8-5-2/h12,15,21,24-27,31,56H,4-11,13-14,16-20,22-23,28-30,32-55H2,1-3H3/b15-12-,24-21-,27-25-,31-26-. The molecular weight excluding hydrogens is 805 g/mol. The summed E-state index contributed by atoms with van der Waals surface area (Å²) in [7, 11) is 0. The lowest BCUT2D eigenvalue weighted by molar-refractivity contribution is -0.167. The van der Waals surface area contributed by atoms with Crippen LogP contribution in [0, 0.1) is 0 Å². The number of esters is 3. The van der Waals surface area contributed by atoms with E-state index >= 15 is 0 Å². The second-order valence-corrected chi connectivity index (χ2v) is 18.8. The Morgan fingerprint density at radius 2 is 0.585 bits per heavy atom. The number of carbonyl (C=O) groups excluding carboxylic acids is 3. The van der Waals surface area contributed by atoms with Crippen LogP contribution in [0.4, 0.5) is 0 Å². The largest absolute Gasteiger partial charge is 0.462 e. The van der Waals surface area contributed by atoms with E-state index in [0.717, 1.165) is 96.3 Å². The first-order valence-corrected chi connectivity index (χ1v) is 28.1. The van der Waals surface area contributed by atoms with Gasteiger partial charge in [0.15, 0.2) is 6.10 Å². The maximum Gasteiger partial charge on any atom is 0.306 e. The normalized spacial score (nSPS) is 12.4. The van der Waals surface area contributed by atoms with Gasteiger partial charge in [0.25, 0.3) is 0 Å². The van der Waals surface area contributed by atoms with Crippen LogP contribution in [-0.4, -0.2) is 37.2 Å². The highest BCUT2D eigenvalue weighted by Gasteiger charge is 2.19. The van der Waals surface area contributed by atoms with Crippen molar-refractivity contribution in [3.8, 4) is 0 Å². The third-order valence-corrected chi connectivity index (χ3v) is 12.3. The topological polar surface area (TPSA) is 78.9 Å². The van der Waals surface area contributed by atoms with Crippen LogP contribution in [0.2, 0.25) is 0 Å². The summed E-state index contributed by atoms with van der Waals surface area (Å²) in [5.74, 6) is -0.895. The Kier molecular flexibility index (Phi) is 51.8. The van der Waals surface area contributed by atoms with Crippen LogP contribution in [0.1, 0.15) is 290 Å². The molecule has 0 N–H and O–H groups in total. The highest BCUT2D eigenvalue weighted by molar-refractivity contribution is 5.71. The van der Waals surface area contributed by atoms with Gasteiger partial charge in [-0.25, -0.2) is 0 Å². The first-order chi connectivity index (χ1) is 32.0. The van der Waals surface area contributed by atoms with Crippen molar-refractivity contribution in [1.29, 1.82) is 0 Å². The molecule has 0 aromatic heterocycles. The fourth-order valence-corrected chi connectivity index (χ4v) is 8.00. The molecule has 0 saturated heterocycles. The van der Waals surface area contributed by atoms with Crippen molar-refractivity contribution in [3.63, 3.8) is 0 Å². The quantitative estimate of drug-likeness (QED) is 0.0262. The predicted octanol–water partition coefficient (Wildman–Crippen LogP) is 18.7. The molecule has 378 valence electrons. The molecule has 1 unspecified atom stereocenters. The SMILES string of the molecule is CCC/C=C\C/C=C\CCCCCCCC(=O)OCC(COC(=O)CCCCCCCCCCC/C=C\CCCCCCCC)OC(=O)CCCCCCC/C=C\CCCCCCCC. The highest BCUT2D eigenvalue weighted by Crippen LogP contribution is 2.15. The number of hydrogen-bond donors (Lipinski definition) is 0. The second kappa shape index (κ2) is 54.0. The number of ether oxygens (including phenoxy) is 3. The van der Waals surface area contributed by atoms with Crippen molar-refractivity contribution in [2.45, 2.75) is 297 Å². The van der Waals surface area contributed by atoms with Gasteiger partial charge < -0.3 is 14.2 Å². The molecule has 0 spiro atoms. The van der Waals surface area contributed by atoms with Gasteiger partial charge in [0.05, 0.1) is 0 Å². The Bertz CT molecular complexity index is 1140.